The fourth-order valence-corrected chi connectivity index (χ4v) is 4.09. The van der Waals surface area contributed by atoms with Crippen LogP contribution >= 0.6 is 0 Å². The van der Waals surface area contributed by atoms with Crippen molar-refractivity contribution < 1.29 is 8.42 Å². The van der Waals surface area contributed by atoms with E-state index in [4.69, 9.17) is 0 Å². The third-order valence-electron chi connectivity index (χ3n) is 3.12. The summed E-state index contributed by atoms with van der Waals surface area (Å²) in [4.78, 5) is 0. The molecule has 1 aliphatic rings. The van der Waals surface area contributed by atoms with Crippen LogP contribution in [0.3, 0.4) is 0 Å². The van der Waals surface area contributed by atoms with Gasteiger partial charge in [0.1, 0.15) is 0 Å². The van der Waals surface area contributed by atoms with Gasteiger partial charge in [0.25, 0.3) is 0 Å². The van der Waals surface area contributed by atoms with Crippen molar-refractivity contribution in [1.29, 1.82) is 0 Å². The predicted octanol–water partition coefficient (Wildman–Crippen LogP) is 1.19. The van der Waals surface area contributed by atoms with E-state index in [0.717, 1.165) is 25.8 Å². The van der Waals surface area contributed by atoms with Crippen LogP contribution in [0.25, 0.3) is 0 Å². The third kappa shape index (κ3) is 3.43. The van der Waals surface area contributed by atoms with Gasteiger partial charge in [0.15, 0.2) is 0 Å². The van der Waals surface area contributed by atoms with Crippen LogP contribution in [0.1, 0.15) is 40.0 Å². The van der Waals surface area contributed by atoms with Crippen molar-refractivity contribution in [3.63, 3.8) is 0 Å². The van der Waals surface area contributed by atoms with Crippen LogP contribution in [0, 0.1) is 0 Å². The SMILES string of the molecule is CCCNCCS(=O)(=O)N1CCCC1(C)C. The number of rotatable bonds is 6. The molecule has 0 aliphatic carbocycles. The zero-order valence-corrected chi connectivity index (χ0v) is 11.4. The van der Waals surface area contributed by atoms with Gasteiger partial charge in [-0.2, -0.15) is 4.31 Å². The molecule has 0 radical (unpaired) electrons. The van der Waals surface area contributed by atoms with E-state index in [-0.39, 0.29) is 11.3 Å². The van der Waals surface area contributed by atoms with Crippen molar-refractivity contribution in [2.45, 2.75) is 45.6 Å². The molecule has 1 rings (SSSR count). The number of nitrogens with zero attached hydrogens (tertiary/aromatic N) is 1. The molecule has 0 aromatic carbocycles. The second kappa shape index (κ2) is 5.47. The van der Waals surface area contributed by atoms with Crippen molar-refractivity contribution in [1.82, 2.24) is 9.62 Å². The van der Waals surface area contributed by atoms with E-state index in [1.54, 1.807) is 4.31 Å². The molecule has 0 aromatic heterocycles. The topological polar surface area (TPSA) is 49.4 Å². The van der Waals surface area contributed by atoms with Crippen molar-refractivity contribution >= 4 is 10.0 Å². The van der Waals surface area contributed by atoms with Gasteiger partial charge in [0.05, 0.1) is 5.75 Å². The number of sulfonamides is 1. The summed E-state index contributed by atoms with van der Waals surface area (Å²) in [5.41, 5.74) is -0.191. The van der Waals surface area contributed by atoms with Crippen molar-refractivity contribution in [2.75, 3.05) is 25.4 Å². The summed E-state index contributed by atoms with van der Waals surface area (Å²) in [5.74, 6) is 0.219. The van der Waals surface area contributed by atoms with Gasteiger partial charge in [0.2, 0.25) is 10.0 Å². The normalized spacial score (nSPS) is 21.4. The lowest BCUT2D eigenvalue weighted by molar-refractivity contribution is 0.291. The van der Waals surface area contributed by atoms with E-state index in [0.29, 0.717) is 13.1 Å². The quantitative estimate of drug-likeness (QED) is 0.718. The minimum absolute atomic E-state index is 0.191. The number of hydrogen-bond donors (Lipinski definition) is 1. The molecule has 0 bridgehead atoms. The lowest BCUT2D eigenvalue weighted by Gasteiger charge is -2.30. The largest absolute Gasteiger partial charge is 0.316 e. The van der Waals surface area contributed by atoms with Crippen LogP contribution in [0.5, 0.6) is 0 Å². The fourth-order valence-electron chi connectivity index (χ4n) is 2.21. The molecule has 1 saturated heterocycles. The Balaban J connectivity index is 2.50. The van der Waals surface area contributed by atoms with Crippen LogP contribution in [0.4, 0.5) is 0 Å². The molecule has 0 unspecified atom stereocenters. The van der Waals surface area contributed by atoms with Gasteiger partial charge >= 0.3 is 0 Å². The van der Waals surface area contributed by atoms with Gasteiger partial charge in [-0.3, -0.25) is 0 Å². The maximum absolute atomic E-state index is 12.1. The lowest BCUT2D eigenvalue weighted by Crippen LogP contribution is -2.45. The molecular formula is C11H24N2O2S. The first kappa shape index (κ1) is 13.9. The van der Waals surface area contributed by atoms with Gasteiger partial charge in [-0.05, 0) is 39.7 Å². The summed E-state index contributed by atoms with van der Waals surface area (Å²) in [6.07, 6.45) is 2.98. The Bertz CT molecular complexity index is 312. The second-order valence-corrected chi connectivity index (χ2v) is 7.07. The maximum Gasteiger partial charge on any atom is 0.215 e. The van der Waals surface area contributed by atoms with Crippen molar-refractivity contribution in [3.8, 4) is 0 Å². The summed E-state index contributed by atoms with van der Waals surface area (Å²) < 4.78 is 25.9. The van der Waals surface area contributed by atoms with Gasteiger partial charge in [-0.25, -0.2) is 8.42 Å². The monoisotopic (exact) mass is 248 g/mol. The average molecular weight is 248 g/mol. The lowest BCUT2D eigenvalue weighted by atomic mass is 10.0. The van der Waals surface area contributed by atoms with Crippen LogP contribution in [0.2, 0.25) is 0 Å². The van der Waals surface area contributed by atoms with E-state index in [1.807, 2.05) is 13.8 Å². The van der Waals surface area contributed by atoms with E-state index in [1.165, 1.54) is 0 Å². The van der Waals surface area contributed by atoms with Gasteiger partial charge in [0, 0.05) is 18.6 Å². The van der Waals surface area contributed by atoms with E-state index < -0.39 is 10.0 Å². The third-order valence-corrected chi connectivity index (χ3v) is 5.19. The smallest absolute Gasteiger partial charge is 0.215 e. The Hall–Kier alpha value is -0.130. The molecule has 0 amide bonds. The summed E-state index contributed by atoms with van der Waals surface area (Å²) in [5, 5.41) is 3.14. The maximum atomic E-state index is 12.1. The molecule has 0 atom stereocenters. The summed E-state index contributed by atoms with van der Waals surface area (Å²) in [6.45, 7) is 8.23. The standard InChI is InChI=1S/C11H24N2O2S/c1-4-7-12-8-10-16(14,15)13-9-5-6-11(13,2)3/h12H,4-10H2,1-3H3. The van der Waals surface area contributed by atoms with Crippen LogP contribution in [-0.4, -0.2) is 43.6 Å². The highest BCUT2D eigenvalue weighted by molar-refractivity contribution is 7.89. The second-order valence-electron chi connectivity index (χ2n) is 5.05. The molecule has 1 aliphatic heterocycles. The molecule has 1 fully saturated rings. The summed E-state index contributed by atoms with van der Waals surface area (Å²) in [6, 6.07) is 0. The predicted molar refractivity (Wildman–Crippen MR) is 67.0 cm³/mol. The summed E-state index contributed by atoms with van der Waals surface area (Å²) in [7, 11) is -3.08. The highest BCUT2D eigenvalue weighted by Gasteiger charge is 2.39. The van der Waals surface area contributed by atoms with Crippen molar-refractivity contribution in [2.24, 2.45) is 0 Å². The highest BCUT2D eigenvalue weighted by atomic mass is 32.2. The molecule has 4 nitrogen and oxygen atoms in total. The Kier molecular flexibility index (Phi) is 4.76. The first-order chi connectivity index (χ1) is 7.40. The Labute approximate surface area is 99.5 Å². The van der Waals surface area contributed by atoms with Crippen LogP contribution in [0.15, 0.2) is 0 Å². The van der Waals surface area contributed by atoms with E-state index in [2.05, 4.69) is 12.2 Å². The first-order valence-corrected chi connectivity index (χ1v) is 7.72. The van der Waals surface area contributed by atoms with Gasteiger partial charge in [-0.1, -0.05) is 6.92 Å². The molecular weight excluding hydrogens is 224 g/mol. The highest BCUT2D eigenvalue weighted by Crippen LogP contribution is 2.30. The van der Waals surface area contributed by atoms with Crippen LogP contribution < -0.4 is 5.32 Å². The van der Waals surface area contributed by atoms with Crippen LogP contribution in [-0.2, 0) is 10.0 Å². The molecule has 0 saturated carbocycles. The fraction of sp³-hybridized carbons (Fsp3) is 1.00. The molecule has 1 heterocycles. The Morgan fingerprint density at radius 3 is 2.50 bits per heavy atom. The zero-order chi connectivity index (χ0) is 12.2. The number of nitrogens with one attached hydrogen (secondary N) is 1. The van der Waals surface area contributed by atoms with Gasteiger partial charge in [-0.15, -0.1) is 0 Å². The molecule has 96 valence electrons. The molecule has 5 heteroatoms. The van der Waals surface area contributed by atoms with E-state index in [9.17, 15) is 8.42 Å². The summed E-state index contributed by atoms with van der Waals surface area (Å²) >= 11 is 0. The number of hydrogen-bond acceptors (Lipinski definition) is 3. The molecule has 0 spiro atoms. The zero-order valence-electron chi connectivity index (χ0n) is 10.6. The minimum atomic E-state index is -3.08. The van der Waals surface area contributed by atoms with E-state index >= 15 is 0 Å². The Morgan fingerprint density at radius 2 is 2.00 bits per heavy atom. The minimum Gasteiger partial charge on any atom is -0.316 e. The molecule has 16 heavy (non-hydrogen) atoms. The molecule has 1 N–H and O–H groups in total. The first-order valence-electron chi connectivity index (χ1n) is 6.11. The average Bonchev–Trinajstić information content (AvgIpc) is 2.53. The van der Waals surface area contributed by atoms with Crippen molar-refractivity contribution in [3.05, 3.63) is 0 Å². The van der Waals surface area contributed by atoms with Gasteiger partial charge < -0.3 is 5.32 Å². The molecule has 0 aromatic rings. The Morgan fingerprint density at radius 1 is 1.31 bits per heavy atom.